The fourth-order valence-electron chi connectivity index (χ4n) is 4.00. The van der Waals surface area contributed by atoms with Crippen molar-refractivity contribution < 1.29 is 13.2 Å². The van der Waals surface area contributed by atoms with Crippen LogP contribution in [0, 0.1) is 0 Å². The van der Waals surface area contributed by atoms with Crippen LogP contribution in [0.15, 0.2) is 10.4 Å². The van der Waals surface area contributed by atoms with Crippen molar-refractivity contribution in [3.63, 3.8) is 0 Å². The van der Waals surface area contributed by atoms with Crippen LogP contribution in [-0.4, -0.2) is 59.6 Å². The molecule has 5 nitrogen and oxygen atoms in total. The summed E-state index contributed by atoms with van der Waals surface area (Å²) in [5, 5.41) is 7.99. The molecule has 166 valence electrons. The summed E-state index contributed by atoms with van der Waals surface area (Å²) in [5.41, 5.74) is -0.678. The summed E-state index contributed by atoms with van der Waals surface area (Å²) in [5.74, 6) is 2.97. The highest BCUT2D eigenvalue weighted by atomic mass is 127. The summed E-state index contributed by atoms with van der Waals surface area (Å²) in [7, 11) is 1.68. The second-order valence-electron chi connectivity index (χ2n) is 7.29. The number of halogens is 4. The average Bonchev–Trinajstić information content (AvgIpc) is 3.19. The Morgan fingerprint density at radius 3 is 2.48 bits per heavy atom. The molecule has 2 aliphatic rings. The van der Waals surface area contributed by atoms with Gasteiger partial charge < -0.3 is 10.6 Å². The average molecular weight is 563 g/mol. The minimum Gasteiger partial charge on any atom is -0.355 e. The zero-order valence-electron chi connectivity index (χ0n) is 16.6. The Bertz CT molecular complexity index is 656. The number of hydrogen-bond donors (Lipinski definition) is 2. The molecule has 0 atom stereocenters. The third-order valence-corrected chi connectivity index (χ3v) is 7.32. The molecule has 0 bridgehead atoms. The quantitative estimate of drug-likeness (QED) is 0.320. The fourth-order valence-corrected chi connectivity index (χ4v) is 5.65. The van der Waals surface area contributed by atoms with Gasteiger partial charge in [-0.25, -0.2) is 4.98 Å². The molecule has 1 aliphatic carbocycles. The molecule has 0 spiro atoms. The van der Waals surface area contributed by atoms with Gasteiger partial charge in [0.15, 0.2) is 11.7 Å². The molecule has 1 aliphatic heterocycles. The van der Waals surface area contributed by atoms with E-state index in [0.29, 0.717) is 11.0 Å². The Hall–Kier alpha value is -0.270. The van der Waals surface area contributed by atoms with Gasteiger partial charge in [0.1, 0.15) is 5.01 Å². The molecule has 1 aromatic heterocycles. The van der Waals surface area contributed by atoms with Crippen LogP contribution in [0.2, 0.25) is 0 Å². The number of alkyl halides is 3. The van der Waals surface area contributed by atoms with Crippen molar-refractivity contribution in [1.82, 2.24) is 20.5 Å². The van der Waals surface area contributed by atoms with Gasteiger partial charge in [-0.05, 0) is 12.8 Å². The highest BCUT2D eigenvalue weighted by Crippen LogP contribution is 2.35. The molecule has 0 radical (unpaired) electrons. The molecule has 0 aromatic carbocycles. The maximum atomic E-state index is 12.7. The zero-order valence-corrected chi connectivity index (χ0v) is 20.5. The highest BCUT2D eigenvalue weighted by molar-refractivity contribution is 14.0. The van der Waals surface area contributed by atoms with E-state index in [1.807, 2.05) is 11.8 Å². The van der Waals surface area contributed by atoms with Crippen LogP contribution in [0.1, 0.15) is 42.8 Å². The van der Waals surface area contributed by atoms with E-state index in [0.717, 1.165) is 36.4 Å². The van der Waals surface area contributed by atoms with Crippen LogP contribution in [0.5, 0.6) is 0 Å². The molecule has 1 aromatic rings. The van der Waals surface area contributed by atoms with Crippen LogP contribution in [0.4, 0.5) is 13.2 Å². The molecular formula is C18H29F3IN5S2. The number of thioether (sulfide) groups is 1. The molecule has 11 heteroatoms. The Kier molecular flexibility index (Phi) is 9.81. The monoisotopic (exact) mass is 563 g/mol. The first-order valence-electron chi connectivity index (χ1n) is 9.72. The van der Waals surface area contributed by atoms with E-state index < -0.39 is 11.9 Å². The Balaban J connectivity index is 0.00000300. The highest BCUT2D eigenvalue weighted by Gasteiger charge is 2.38. The van der Waals surface area contributed by atoms with E-state index in [9.17, 15) is 13.2 Å². The maximum Gasteiger partial charge on any atom is 0.434 e. The molecular weight excluding hydrogens is 534 g/mol. The summed E-state index contributed by atoms with van der Waals surface area (Å²) in [4.78, 5) is 10.5. The van der Waals surface area contributed by atoms with Gasteiger partial charge in [0.2, 0.25) is 0 Å². The molecule has 0 unspecified atom stereocenters. The first-order chi connectivity index (χ1) is 13.4. The second kappa shape index (κ2) is 11.4. The van der Waals surface area contributed by atoms with Crippen LogP contribution in [0.25, 0.3) is 0 Å². The Labute approximate surface area is 195 Å². The summed E-state index contributed by atoms with van der Waals surface area (Å²) in [6.07, 6.45) is 1.76. The van der Waals surface area contributed by atoms with Crippen molar-refractivity contribution in [2.24, 2.45) is 4.99 Å². The van der Waals surface area contributed by atoms with Crippen molar-refractivity contribution in [3.8, 4) is 0 Å². The van der Waals surface area contributed by atoms with Crippen LogP contribution in [-0.2, 0) is 12.7 Å². The van der Waals surface area contributed by atoms with Gasteiger partial charge >= 0.3 is 6.18 Å². The van der Waals surface area contributed by atoms with E-state index in [-0.39, 0.29) is 36.1 Å². The number of aliphatic imine (C=N–C) groups is 1. The topological polar surface area (TPSA) is 52.6 Å². The minimum absolute atomic E-state index is 0. The molecule has 0 amide bonds. The Morgan fingerprint density at radius 1 is 1.21 bits per heavy atom. The lowest BCUT2D eigenvalue weighted by molar-refractivity contribution is -0.140. The van der Waals surface area contributed by atoms with E-state index in [2.05, 4.69) is 25.5 Å². The second-order valence-corrected chi connectivity index (χ2v) is 9.46. The predicted octanol–water partition coefficient (Wildman–Crippen LogP) is 4.20. The van der Waals surface area contributed by atoms with E-state index in [1.165, 1.54) is 43.6 Å². The van der Waals surface area contributed by atoms with Crippen molar-refractivity contribution in [2.45, 2.75) is 50.4 Å². The summed E-state index contributed by atoms with van der Waals surface area (Å²) in [6, 6.07) is 0. The largest absolute Gasteiger partial charge is 0.434 e. The lowest BCUT2D eigenvalue weighted by atomic mass is 9.80. The van der Waals surface area contributed by atoms with E-state index in [4.69, 9.17) is 0 Å². The maximum absolute atomic E-state index is 12.7. The normalized spacial score (nSPS) is 20.8. The Morgan fingerprint density at radius 2 is 1.90 bits per heavy atom. The van der Waals surface area contributed by atoms with Crippen molar-refractivity contribution in [1.29, 1.82) is 0 Å². The SMILES string of the molecule is CN=C(NCc1nc(C(F)(F)F)cs1)NCC1(N2CCSCC2)CCCCC1.I. The van der Waals surface area contributed by atoms with Crippen LogP contribution in [0.3, 0.4) is 0 Å². The lowest BCUT2D eigenvalue weighted by Crippen LogP contribution is -2.59. The minimum atomic E-state index is -4.39. The molecule has 1 saturated carbocycles. The summed E-state index contributed by atoms with van der Waals surface area (Å²) < 4.78 is 38.1. The van der Waals surface area contributed by atoms with Gasteiger partial charge in [-0.2, -0.15) is 24.9 Å². The third kappa shape index (κ3) is 6.86. The van der Waals surface area contributed by atoms with E-state index >= 15 is 0 Å². The smallest absolute Gasteiger partial charge is 0.355 e. The van der Waals surface area contributed by atoms with E-state index in [1.54, 1.807) is 7.05 Å². The number of thiazole rings is 1. The van der Waals surface area contributed by atoms with Gasteiger partial charge in [0.05, 0.1) is 6.54 Å². The van der Waals surface area contributed by atoms with Gasteiger partial charge in [0, 0.05) is 49.1 Å². The first-order valence-corrected chi connectivity index (χ1v) is 11.8. The predicted molar refractivity (Wildman–Crippen MR) is 125 cm³/mol. The first kappa shape index (κ1) is 25.0. The number of nitrogens with zero attached hydrogens (tertiary/aromatic N) is 3. The summed E-state index contributed by atoms with van der Waals surface area (Å²) in [6.45, 7) is 3.28. The molecule has 3 rings (SSSR count). The van der Waals surface area contributed by atoms with Crippen LogP contribution < -0.4 is 10.6 Å². The van der Waals surface area contributed by atoms with Gasteiger partial charge in [-0.3, -0.25) is 9.89 Å². The van der Waals surface area contributed by atoms with Crippen LogP contribution >= 0.6 is 47.1 Å². The number of guanidine groups is 1. The van der Waals surface area contributed by atoms with Crippen molar-refractivity contribution in [3.05, 3.63) is 16.1 Å². The fraction of sp³-hybridized carbons (Fsp3) is 0.778. The molecule has 2 N–H and O–H groups in total. The molecule has 29 heavy (non-hydrogen) atoms. The number of nitrogens with one attached hydrogen (secondary N) is 2. The standard InChI is InChI=1S/C18H28F3N5S2.HI/c1-22-16(23-11-15-25-14(12-28-15)18(19,20)21)24-13-17(5-3-2-4-6-17)26-7-9-27-10-8-26;/h12H,2-11,13H2,1H3,(H2,22,23,24);1H. The number of aromatic nitrogens is 1. The summed E-state index contributed by atoms with van der Waals surface area (Å²) >= 11 is 3.03. The van der Waals surface area contributed by atoms with Crippen molar-refractivity contribution in [2.75, 3.05) is 38.2 Å². The van der Waals surface area contributed by atoms with Gasteiger partial charge in [0.25, 0.3) is 0 Å². The third-order valence-electron chi connectivity index (χ3n) is 5.52. The zero-order chi connectivity index (χ0) is 20.0. The van der Waals surface area contributed by atoms with Crippen molar-refractivity contribution >= 4 is 53.0 Å². The van der Waals surface area contributed by atoms with Gasteiger partial charge in [-0.15, -0.1) is 35.3 Å². The van der Waals surface area contributed by atoms with Gasteiger partial charge in [-0.1, -0.05) is 19.3 Å². The number of rotatable bonds is 5. The molecule has 2 heterocycles. The number of hydrogen-bond acceptors (Lipinski definition) is 5. The lowest BCUT2D eigenvalue weighted by Gasteiger charge is -2.48. The molecule has 2 fully saturated rings. The molecule has 1 saturated heterocycles.